The van der Waals surface area contributed by atoms with Crippen LogP contribution in [0, 0.1) is 0 Å². The SMILES string of the molecule is CCNc1ncc(C(=O)NCCCCC(N)=O)cc1Cl. The van der Waals surface area contributed by atoms with E-state index in [4.69, 9.17) is 17.3 Å². The normalized spacial score (nSPS) is 10.1. The molecule has 0 unspecified atom stereocenters. The number of pyridine rings is 1. The van der Waals surface area contributed by atoms with Crippen LogP contribution in [0.25, 0.3) is 0 Å². The van der Waals surface area contributed by atoms with E-state index in [1.165, 1.54) is 6.20 Å². The Labute approximate surface area is 123 Å². The third-order valence-corrected chi connectivity index (χ3v) is 2.87. The first kappa shape index (κ1) is 16.2. The van der Waals surface area contributed by atoms with Crippen molar-refractivity contribution in [1.82, 2.24) is 10.3 Å². The minimum absolute atomic E-state index is 0.235. The fourth-order valence-electron chi connectivity index (χ4n) is 1.59. The Kier molecular flexibility index (Phi) is 6.79. The first-order chi connectivity index (χ1) is 9.54. The number of amides is 2. The van der Waals surface area contributed by atoms with Gasteiger partial charge in [-0.15, -0.1) is 0 Å². The fraction of sp³-hybridized carbons (Fsp3) is 0.462. The zero-order chi connectivity index (χ0) is 15.0. The van der Waals surface area contributed by atoms with Crippen LogP contribution < -0.4 is 16.4 Å². The molecule has 0 atom stereocenters. The highest BCUT2D eigenvalue weighted by Crippen LogP contribution is 2.19. The van der Waals surface area contributed by atoms with E-state index >= 15 is 0 Å². The lowest BCUT2D eigenvalue weighted by molar-refractivity contribution is -0.118. The first-order valence-corrected chi connectivity index (χ1v) is 6.88. The van der Waals surface area contributed by atoms with Crippen LogP contribution >= 0.6 is 11.6 Å². The van der Waals surface area contributed by atoms with Crippen molar-refractivity contribution < 1.29 is 9.59 Å². The predicted octanol–water partition coefficient (Wildman–Crippen LogP) is 1.55. The molecule has 20 heavy (non-hydrogen) atoms. The molecule has 0 spiro atoms. The molecule has 0 fully saturated rings. The summed E-state index contributed by atoms with van der Waals surface area (Å²) in [6.45, 7) is 3.13. The van der Waals surface area contributed by atoms with Gasteiger partial charge in [0.05, 0.1) is 10.6 Å². The Bertz CT molecular complexity index is 479. The number of nitrogens with one attached hydrogen (secondary N) is 2. The van der Waals surface area contributed by atoms with Crippen LogP contribution in [0.5, 0.6) is 0 Å². The number of hydrogen-bond donors (Lipinski definition) is 3. The molecule has 4 N–H and O–H groups in total. The molecule has 0 aliphatic rings. The van der Waals surface area contributed by atoms with Crippen molar-refractivity contribution in [2.75, 3.05) is 18.4 Å². The van der Waals surface area contributed by atoms with Gasteiger partial charge >= 0.3 is 0 Å². The second-order valence-electron chi connectivity index (χ2n) is 4.26. The number of aromatic nitrogens is 1. The number of anilines is 1. The maximum Gasteiger partial charge on any atom is 0.252 e. The number of carbonyl (C=O) groups excluding carboxylic acids is 2. The molecule has 7 heteroatoms. The van der Waals surface area contributed by atoms with Crippen LogP contribution in [0.2, 0.25) is 5.02 Å². The Morgan fingerprint density at radius 3 is 2.75 bits per heavy atom. The number of unbranched alkanes of at least 4 members (excludes halogenated alkanes) is 1. The molecular weight excluding hydrogens is 280 g/mol. The molecule has 0 bridgehead atoms. The van der Waals surface area contributed by atoms with Crippen LogP contribution in [0.1, 0.15) is 36.5 Å². The maximum absolute atomic E-state index is 11.8. The molecule has 0 saturated heterocycles. The van der Waals surface area contributed by atoms with E-state index < -0.39 is 0 Å². The average Bonchev–Trinajstić information content (AvgIpc) is 2.40. The summed E-state index contributed by atoms with van der Waals surface area (Å²) in [7, 11) is 0. The molecule has 0 saturated carbocycles. The van der Waals surface area contributed by atoms with Crippen molar-refractivity contribution in [2.45, 2.75) is 26.2 Å². The number of carbonyl (C=O) groups is 2. The van der Waals surface area contributed by atoms with E-state index in [0.717, 1.165) is 0 Å². The first-order valence-electron chi connectivity index (χ1n) is 6.50. The van der Waals surface area contributed by atoms with Gasteiger partial charge in [-0.3, -0.25) is 9.59 Å². The summed E-state index contributed by atoms with van der Waals surface area (Å²) in [6.07, 6.45) is 3.17. The largest absolute Gasteiger partial charge is 0.370 e. The lowest BCUT2D eigenvalue weighted by Gasteiger charge is -2.08. The summed E-state index contributed by atoms with van der Waals surface area (Å²) >= 11 is 6.01. The van der Waals surface area contributed by atoms with Crippen molar-refractivity contribution in [1.29, 1.82) is 0 Å². The smallest absolute Gasteiger partial charge is 0.252 e. The second kappa shape index (κ2) is 8.37. The number of primary amides is 1. The van der Waals surface area contributed by atoms with Gasteiger partial charge in [0.25, 0.3) is 5.91 Å². The maximum atomic E-state index is 11.8. The van der Waals surface area contributed by atoms with E-state index in [0.29, 0.717) is 48.8 Å². The molecule has 1 aromatic rings. The molecule has 0 aliphatic heterocycles. The van der Waals surface area contributed by atoms with Gasteiger partial charge in [-0.2, -0.15) is 0 Å². The van der Waals surface area contributed by atoms with Gasteiger partial charge in [-0.1, -0.05) is 11.6 Å². The van der Waals surface area contributed by atoms with Gasteiger partial charge in [-0.25, -0.2) is 4.98 Å². The summed E-state index contributed by atoms with van der Waals surface area (Å²) in [6, 6.07) is 1.57. The lowest BCUT2D eigenvalue weighted by atomic mass is 10.2. The van der Waals surface area contributed by atoms with Gasteiger partial charge in [0.2, 0.25) is 5.91 Å². The van der Waals surface area contributed by atoms with Crippen LogP contribution in [-0.2, 0) is 4.79 Å². The molecule has 0 aliphatic carbocycles. The molecule has 6 nitrogen and oxygen atoms in total. The van der Waals surface area contributed by atoms with Crippen molar-refractivity contribution in [3.8, 4) is 0 Å². The Hall–Kier alpha value is -1.82. The number of rotatable bonds is 8. The van der Waals surface area contributed by atoms with Crippen molar-refractivity contribution in [2.24, 2.45) is 5.73 Å². The van der Waals surface area contributed by atoms with Gasteiger partial charge in [0.1, 0.15) is 5.82 Å². The van der Waals surface area contributed by atoms with Crippen molar-refractivity contribution in [3.63, 3.8) is 0 Å². The molecule has 110 valence electrons. The Morgan fingerprint density at radius 1 is 1.40 bits per heavy atom. The van der Waals surface area contributed by atoms with E-state index in [1.807, 2.05) is 6.92 Å². The highest BCUT2D eigenvalue weighted by Gasteiger charge is 2.09. The van der Waals surface area contributed by atoms with Gasteiger partial charge in [-0.05, 0) is 25.8 Å². The summed E-state index contributed by atoms with van der Waals surface area (Å²) in [4.78, 5) is 26.5. The molecule has 1 aromatic heterocycles. The predicted molar refractivity (Wildman–Crippen MR) is 78.8 cm³/mol. The summed E-state index contributed by atoms with van der Waals surface area (Å²) in [5.41, 5.74) is 5.43. The zero-order valence-corrected chi connectivity index (χ0v) is 12.2. The van der Waals surface area contributed by atoms with Crippen LogP contribution in [0.15, 0.2) is 12.3 Å². The van der Waals surface area contributed by atoms with Gasteiger partial charge in [0, 0.05) is 25.7 Å². The van der Waals surface area contributed by atoms with Crippen molar-refractivity contribution in [3.05, 3.63) is 22.8 Å². The number of nitrogens with two attached hydrogens (primary N) is 1. The number of nitrogens with zero attached hydrogens (tertiary/aromatic N) is 1. The number of halogens is 1. The average molecular weight is 299 g/mol. The summed E-state index contributed by atoms with van der Waals surface area (Å²) in [5.74, 6) is 0.0000182. The quantitative estimate of drug-likeness (QED) is 0.634. The third kappa shape index (κ3) is 5.44. The van der Waals surface area contributed by atoms with Crippen LogP contribution in [0.3, 0.4) is 0 Å². The summed E-state index contributed by atoms with van der Waals surface area (Å²) in [5, 5.41) is 6.15. The summed E-state index contributed by atoms with van der Waals surface area (Å²) < 4.78 is 0. The van der Waals surface area contributed by atoms with E-state index in [-0.39, 0.29) is 11.8 Å². The fourth-order valence-corrected chi connectivity index (χ4v) is 1.82. The third-order valence-electron chi connectivity index (χ3n) is 2.58. The lowest BCUT2D eigenvalue weighted by Crippen LogP contribution is -2.25. The monoisotopic (exact) mass is 298 g/mol. The zero-order valence-electron chi connectivity index (χ0n) is 11.4. The number of hydrogen-bond acceptors (Lipinski definition) is 4. The van der Waals surface area contributed by atoms with E-state index in [2.05, 4.69) is 15.6 Å². The minimum atomic E-state index is -0.327. The Balaban J connectivity index is 2.43. The molecule has 0 radical (unpaired) electrons. The minimum Gasteiger partial charge on any atom is -0.370 e. The highest BCUT2D eigenvalue weighted by atomic mass is 35.5. The van der Waals surface area contributed by atoms with Crippen molar-refractivity contribution >= 4 is 29.2 Å². The Morgan fingerprint density at radius 2 is 2.15 bits per heavy atom. The van der Waals surface area contributed by atoms with Crippen LogP contribution in [-0.4, -0.2) is 29.9 Å². The second-order valence-corrected chi connectivity index (χ2v) is 4.67. The molecular formula is C13H19ClN4O2. The highest BCUT2D eigenvalue weighted by molar-refractivity contribution is 6.33. The van der Waals surface area contributed by atoms with Gasteiger partial charge < -0.3 is 16.4 Å². The standard InChI is InChI=1S/C13H19ClN4O2/c1-2-16-12-10(14)7-9(8-18-12)13(20)17-6-4-3-5-11(15)19/h7-8H,2-6H2,1H3,(H2,15,19)(H,16,18)(H,17,20). The van der Waals surface area contributed by atoms with Gasteiger partial charge in [0.15, 0.2) is 0 Å². The van der Waals surface area contributed by atoms with Crippen LogP contribution in [0.4, 0.5) is 5.82 Å². The van der Waals surface area contributed by atoms with E-state index in [9.17, 15) is 9.59 Å². The molecule has 1 heterocycles. The molecule has 0 aromatic carbocycles. The topological polar surface area (TPSA) is 97.1 Å². The molecule has 1 rings (SSSR count). The molecule has 2 amide bonds. The van der Waals surface area contributed by atoms with E-state index in [1.54, 1.807) is 6.07 Å².